The zero-order chi connectivity index (χ0) is 18.7. The Morgan fingerprint density at radius 3 is 2.85 bits per heavy atom. The molecule has 1 heterocycles. The standard InChI is InChI=1S/C19H28FN3O3.HI/c1-19(2)15(9-16(19)24-4)23-18(21-3)22-6-5-12-7-14(20)8-13-10-25-11-26-17(12)13;/h7-8,15-16H,5-6,9-11H2,1-4H3,(H2,21,22,23);1H. The third-order valence-corrected chi connectivity index (χ3v) is 5.44. The first-order valence-electron chi connectivity index (χ1n) is 8.97. The molecular formula is C19H29FIN3O3. The maximum atomic E-state index is 13.8. The summed E-state index contributed by atoms with van der Waals surface area (Å²) in [6.45, 7) is 5.59. The molecule has 8 heteroatoms. The van der Waals surface area contributed by atoms with E-state index in [9.17, 15) is 4.39 Å². The maximum Gasteiger partial charge on any atom is 0.191 e. The Morgan fingerprint density at radius 1 is 1.41 bits per heavy atom. The minimum atomic E-state index is -0.266. The Balaban J connectivity index is 0.00000261. The monoisotopic (exact) mass is 493 g/mol. The lowest BCUT2D eigenvalue weighted by molar-refractivity contribution is -0.0922. The van der Waals surface area contributed by atoms with Crippen molar-refractivity contribution >= 4 is 29.9 Å². The molecular weight excluding hydrogens is 464 g/mol. The van der Waals surface area contributed by atoms with Gasteiger partial charge in [0.05, 0.1) is 12.7 Å². The quantitative estimate of drug-likeness (QED) is 0.376. The minimum absolute atomic E-state index is 0. The van der Waals surface area contributed by atoms with E-state index in [4.69, 9.17) is 14.2 Å². The number of fused-ring (bicyclic) bond motifs is 1. The van der Waals surface area contributed by atoms with E-state index in [1.165, 1.54) is 12.1 Å². The molecule has 152 valence electrons. The molecule has 1 aromatic rings. The highest BCUT2D eigenvalue weighted by atomic mass is 127. The fourth-order valence-electron chi connectivity index (χ4n) is 3.65. The van der Waals surface area contributed by atoms with Gasteiger partial charge in [-0.2, -0.15) is 0 Å². The molecule has 0 aromatic heterocycles. The van der Waals surface area contributed by atoms with Gasteiger partial charge in [0.1, 0.15) is 11.6 Å². The number of nitrogens with zero attached hydrogens (tertiary/aromatic N) is 1. The van der Waals surface area contributed by atoms with Crippen LogP contribution in [0.2, 0.25) is 0 Å². The highest BCUT2D eigenvalue weighted by Crippen LogP contribution is 2.42. The van der Waals surface area contributed by atoms with E-state index in [1.807, 2.05) is 0 Å². The maximum absolute atomic E-state index is 13.8. The average molecular weight is 493 g/mol. The SMILES string of the molecule is CN=C(NCCc1cc(F)cc2c1OCOC2)NC1CC(OC)C1(C)C.I. The highest BCUT2D eigenvalue weighted by molar-refractivity contribution is 14.0. The predicted octanol–water partition coefficient (Wildman–Crippen LogP) is 2.83. The molecule has 0 bridgehead atoms. The van der Waals surface area contributed by atoms with Crippen molar-refractivity contribution in [1.82, 2.24) is 10.6 Å². The summed E-state index contributed by atoms with van der Waals surface area (Å²) in [5.74, 6) is 1.22. The lowest BCUT2D eigenvalue weighted by atomic mass is 9.64. The van der Waals surface area contributed by atoms with Crippen LogP contribution in [0.3, 0.4) is 0 Å². The summed E-state index contributed by atoms with van der Waals surface area (Å²) in [7, 11) is 3.50. The Hall–Kier alpha value is -1.13. The first kappa shape index (κ1) is 22.2. The number of nitrogens with one attached hydrogen (secondary N) is 2. The molecule has 2 atom stereocenters. The second-order valence-electron chi connectivity index (χ2n) is 7.39. The molecule has 2 aliphatic rings. The van der Waals surface area contributed by atoms with E-state index < -0.39 is 0 Å². The first-order valence-corrected chi connectivity index (χ1v) is 8.97. The minimum Gasteiger partial charge on any atom is -0.467 e. The van der Waals surface area contributed by atoms with E-state index >= 15 is 0 Å². The number of methoxy groups -OCH3 is 1. The van der Waals surface area contributed by atoms with Crippen LogP contribution in [0.5, 0.6) is 5.75 Å². The number of rotatable bonds is 5. The third kappa shape index (κ3) is 4.83. The lowest BCUT2D eigenvalue weighted by Gasteiger charge is -2.51. The van der Waals surface area contributed by atoms with Crippen LogP contribution in [0.4, 0.5) is 4.39 Å². The highest BCUT2D eigenvalue weighted by Gasteiger charge is 2.48. The Morgan fingerprint density at radius 2 is 2.19 bits per heavy atom. The summed E-state index contributed by atoms with van der Waals surface area (Å²) in [5.41, 5.74) is 1.66. The average Bonchev–Trinajstić information content (AvgIpc) is 2.62. The molecule has 3 rings (SSSR count). The molecule has 1 aliphatic carbocycles. The molecule has 1 saturated carbocycles. The molecule has 0 spiro atoms. The summed E-state index contributed by atoms with van der Waals surface area (Å²) < 4.78 is 30.1. The molecule has 2 N–H and O–H groups in total. The fraction of sp³-hybridized carbons (Fsp3) is 0.632. The Kier molecular flexibility index (Phi) is 7.70. The molecule has 6 nitrogen and oxygen atoms in total. The van der Waals surface area contributed by atoms with Crippen molar-refractivity contribution in [3.8, 4) is 5.75 Å². The molecule has 0 saturated heterocycles. The van der Waals surface area contributed by atoms with Crippen LogP contribution in [0, 0.1) is 11.2 Å². The van der Waals surface area contributed by atoms with Crippen molar-refractivity contribution in [2.75, 3.05) is 27.5 Å². The van der Waals surface area contributed by atoms with Gasteiger partial charge < -0.3 is 24.8 Å². The fourth-order valence-corrected chi connectivity index (χ4v) is 3.65. The molecule has 27 heavy (non-hydrogen) atoms. The van der Waals surface area contributed by atoms with Crippen molar-refractivity contribution in [3.05, 3.63) is 29.1 Å². The van der Waals surface area contributed by atoms with Gasteiger partial charge in [0.25, 0.3) is 0 Å². The van der Waals surface area contributed by atoms with Gasteiger partial charge >= 0.3 is 0 Å². The van der Waals surface area contributed by atoms with E-state index in [1.54, 1.807) is 14.2 Å². The van der Waals surface area contributed by atoms with Gasteiger partial charge in [0.2, 0.25) is 0 Å². The van der Waals surface area contributed by atoms with Gasteiger partial charge in [-0.3, -0.25) is 4.99 Å². The van der Waals surface area contributed by atoms with Crippen molar-refractivity contribution < 1.29 is 18.6 Å². The zero-order valence-corrected chi connectivity index (χ0v) is 18.6. The number of hydrogen-bond acceptors (Lipinski definition) is 4. The van der Waals surface area contributed by atoms with Crippen molar-refractivity contribution in [1.29, 1.82) is 0 Å². The number of aliphatic imine (C=N–C) groups is 1. The largest absolute Gasteiger partial charge is 0.467 e. The van der Waals surface area contributed by atoms with Crippen LogP contribution < -0.4 is 15.4 Å². The van der Waals surface area contributed by atoms with E-state index in [0.717, 1.165) is 29.3 Å². The van der Waals surface area contributed by atoms with Crippen LogP contribution in [0.1, 0.15) is 31.4 Å². The van der Waals surface area contributed by atoms with E-state index in [2.05, 4.69) is 29.5 Å². The number of hydrogen-bond donors (Lipinski definition) is 2. The van der Waals surface area contributed by atoms with E-state index in [-0.39, 0.29) is 48.1 Å². The lowest BCUT2D eigenvalue weighted by Crippen LogP contribution is -2.63. The molecule has 1 aliphatic heterocycles. The number of halogens is 2. The zero-order valence-electron chi connectivity index (χ0n) is 16.3. The molecule has 1 fully saturated rings. The number of benzene rings is 1. The van der Waals surface area contributed by atoms with Gasteiger partial charge in [-0.05, 0) is 30.5 Å². The van der Waals surface area contributed by atoms with E-state index in [0.29, 0.717) is 25.6 Å². The van der Waals surface area contributed by atoms with Crippen LogP contribution in [-0.4, -0.2) is 45.6 Å². The first-order chi connectivity index (χ1) is 12.5. The molecule has 1 aromatic carbocycles. The van der Waals surface area contributed by atoms with Crippen LogP contribution in [0.15, 0.2) is 17.1 Å². The summed E-state index contributed by atoms with van der Waals surface area (Å²) in [6, 6.07) is 3.30. The summed E-state index contributed by atoms with van der Waals surface area (Å²) >= 11 is 0. The Labute approximate surface area is 177 Å². The van der Waals surface area contributed by atoms with Gasteiger partial charge in [-0.15, -0.1) is 24.0 Å². The molecule has 2 unspecified atom stereocenters. The van der Waals surface area contributed by atoms with Crippen molar-refractivity contribution in [3.63, 3.8) is 0 Å². The van der Waals surface area contributed by atoms with Crippen LogP contribution in [0.25, 0.3) is 0 Å². The van der Waals surface area contributed by atoms with Crippen LogP contribution >= 0.6 is 24.0 Å². The normalized spacial score (nSPS) is 23.4. The Bertz CT molecular complexity index is 684. The van der Waals surface area contributed by atoms with Crippen molar-refractivity contribution in [2.24, 2.45) is 10.4 Å². The second-order valence-corrected chi connectivity index (χ2v) is 7.39. The van der Waals surface area contributed by atoms with Gasteiger partial charge in [0.15, 0.2) is 12.8 Å². The molecule has 0 amide bonds. The smallest absolute Gasteiger partial charge is 0.191 e. The summed E-state index contributed by atoms with van der Waals surface area (Å²) in [5, 5.41) is 6.75. The van der Waals surface area contributed by atoms with Gasteiger partial charge in [-0.1, -0.05) is 13.8 Å². The number of ether oxygens (including phenoxy) is 3. The third-order valence-electron chi connectivity index (χ3n) is 5.44. The number of guanidine groups is 1. The second kappa shape index (κ2) is 9.38. The summed E-state index contributed by atoms with van der Waals surface area (Å²) in [6.07, 6.45) is 1.85. The van der Waals surface area contributed by atoms with Crippen LogP contribution in [-0.2, 0) is 22.5 Å². The predicted molar refractivity (Wildman–Crippen MR) is 113 cm³/mol. The van der Waals surface area contributed by atoms with Gasteiger partial charge in [0, 0.05) is 37.7 Å². The van der Waals surface area contributed by atoms with Gasteiger partial charge in [-0.25, -0.2) is 4.39 Å². The summed E-state index contributed by atoms with van der Waals surface area (Å²) in [4.78, 5) is 4.29. The topological polar surface area (TPSA) is 64.1 Å². The van der Waals surface area contributed by atoms with Crippen molar-refractivity contribution in [2.45, 2.75) is 45.4 Å². The molecule has 0 radical (unpaired) electrons.